The first-order chi connectivity index (χ1) is 26.8. The van der Waals surface area contributed by atoms with Crippen LogP contribution in [-0.4, -0.2) is 95.7 Å². The number of carbonyl (C=O) groups excluding carboxylic acids is 4. The van der Waals surface area contributed by atoms with Crippen LogP contribution in [0.15, 0.2) is 97.1 Å². The third-order valence-electron chi connectivity index (χ3n) is 9.50. The fraction of sp³-hybridized carbons (Fsp3) is 0.391. The molecule has 0 bridgehead atoms. The van der Waals surface area contributed by atoms with Gasteiger partial charge in [0.05, 0.1) is 19.1 Å². The number of hydrogen-bond donors (Lipinski definition) is 6. The van der Waals surface area contributed by atoms with Crippen molar-refractivity contribution in [3.63, 3.8) is 0 Å². The van der Waals surface area contributed by atoms with Crippen molar-refractivity contribution < 1.29 is 59.3 Å². The van der Waals surface area contributed by atoms with Gasteiger partial charge in [-0.25, -0.2) is 0 Å². The maximum Gasteiger partial charge on any atom is 0.193 e. The minimum atomic E-state index is -1.92. The van der Waals surface area contributed by atoms with Crippen molar-refractivity contribution in [1.82, 2.24) is 0 Å². The highest BCUT2D eigenvalue weighted by Crippen LogP contribution is 2.32. The Kier molecular flexibility index (Phi) is 14.3. The van der Waals surface area contributed by atoms with Gasteiger partial charge in [-0.1, -0.05) is 97.1 Å². The highest BCUT2D eigenvalue weighted by Gasteiger charge is 2.31. The topological polar surface area (TPSA) is 208 Å². The van der Waals surface area contributed by atoms with Crippen LogP contribution < -0.4 is 0 Å². The molecule has 0 aliphatic heterocycles. The van der Waals surface area contributed by atoms with Gasteiger partial charge in [0.2, 0.25) is 0 Å². The molecule has 0 heterocycles. The van der Waals surface area contributed by atoms with Crippen molar-refractivity contribution in [2.24, 2.45) is 5.92 Å². The maximum atomic E-state index is 12.7. The van der Waals surface area contributed by atoms with Crippen LogP contribution in [0.3, 0.4) is 0 Å². The smallest absolute Gasteiger partial charge is 0.193 e. The van der Waals surface area contributed by atoms with Gasteiger partial charge in [0.1, 0.15) is 34.6 Å². The second-order valence-corrected chi connectivity index (χ2v) is 16.6. The summed E-state index contributed by atoms with van der Waals surface area (Å²) < 4.78 is 12.7. The number of ether oxygens (including phenoxy) is 2. The SMILES string of the molecule is CC(C)(O)C(=O)c1ccc(C(OCC(COC(c2ccc(C(=O)C(C)(C)O)cc2)c2ccc(C(=O)C(C)(C)O)cc2)C(O)O)c2ccc(C(=O)C(C)(C)O)cc2)cc1. The maximum absolute atomic E-state index is 12.7. The van der Waals surface area contributed by atoms with Crippen molar-refractivity contribution in [3.05, 3.63) is 142 Å². The lowest BCUT2D eigenvalue weighted by Gasteiger charge is -2.27. The van der Waals surface area contributed by atoms with Crippen molar-refractivity contribution in [2.45, 2.75) is 96.3 Å². The van der Waals surface area contributed by atoms with Crippen LogP contribution in [-0.2, 0) is 9.47 Å². The lowest BCUT2D eigenvalue weighted by molar-refractivity contribution is -0.135. The van der Waals surface area contributed by atoms with E-state index in [2.05, 4.69) is 0 Å². The van der Waals surface area contributed by atoms with Gasteiger partial charge >= 0.3 is 0 Å². The minimum absolute atomic E-state index is 0.262. The second-order valence-electron chi connectivity index (χ2n) is 16.6. The van der Waals surface area contributed by atoms with E-state index in [0.717, 1.165) is 0 Å². The summed E-state index contributed by atoms with van der Waals surface area (Å²) in [5.74, 6) is -2.99. The van der Waals surface area contributed by atoms with E-state index in [9.17, 15) is 49.8 Å². The van der Waals surface area contributed by atoms with E-state index in [1.807, 2.05) is 0 Å². The van der Waals surface area contributed by atoms with Crippen LogP contribution in [0.2, 0.25) is 0 Å². The molecule has 0 fully saturated rings. The van der Waals surface area contributed by atoms with E-state index in [1.54, 1.807) is 97.1 Å². The van der Waals surface area contributed by atoms with Gasteiger partial charge in [0, 0.05) is 22.3 Å². The van der Waals surface area contributed by atoms with Gasteiger partial charge in [0.15, 0.2) is 29.4 Å². The second kappa shape index (κ2) is 18.0. The summed E-state index contributed by atoms with van der Waals surface area (Å²) >= 11 is 0. The van der Waals surface area contributed by atoms with Gasteiger partial charge in [-0.15, -0.1) is 0 Å². The summed E-state index contributed by atoms with van der Waals surface area (Å²) in [7, 11) is 0. The predicted octanol–water partition coefficient (Wildman–Crippen LogP) is 5.34. The van der Waals surface area contributed by atoms with E-state index in [-0.39, 0.29) is 35.5 Å². The molecule has 12 nitrogen and oxygen atoms in total. The fourth-order valence-corrected chi connectivity index (χ4v) is 6.08. The van der Waals surface area contributed by atoms with Crippen LogP contribution >= 0.6 is 0 Å². The molecule has 58 heavy (non-hydrogen) atoms. The Balaban J connectivity index is 1.66. The fourth-order valence-electron chi connectivity index (χ4n) is 6.08. The van der Waals surface area contributed by atoms with Crippen LogP contribution in [0.4, 0.5) is 0 Å². The Morgan fingerprint density at radius 2 is 0.603 bits per heavy atom. The first kappa shape index (κ1) is 45.9. The quantitative estimate of drug-likeness (QED) is 0.0525. The average Bonchev–Trinajstić information content (AvgIpc) is 3.15. The summed E-state index contributed by atoms with van der Waals surface area (Å²) in [6.45, 7) is 10.6. The molecule has 310 valence electrons. The summed E-state index contributed by atoms with van der Waals surface area (Å²) in [5.41, 5.74) is -3.08. The number of aliphatic hydroxyl groups is 6. The average molecular weight is 799 g/mol. The zero-order valence-corrected chi connectivity index (χ0v) is 34.1. The Hall–Kier alpha value is -4.76. The molecule has 12 heteroatoms. The number of Topliss-reactive ketones (excluding diaryl/α,β-unsaturated/α-hetero) is 4. The Bertz CT molecular complexity index is 1750. The molecule has 0 aliphatic rings. The predicted molar refractivity (Wildman–Crippen MR) is 216 cm³/mol. The van der Waals surface area contributed by atoms with Gasteiger partial charge in [0.25, 0.3) is 0 Å². The van der Waals surface area contributed by atoms with E-state index < -0.39 is 70.0 Å². The van der Waals surface area contributed by atoms with Crippen LogP contribution in [0.25, 0.3) is 0 Å². The molecule has 0 amide bonds. The standard InChI is InChI=1S/C46H54O12/c1-43(2,53)38(47)31-17-9-27(10-18-31)36(28-11-19-32(20-12-28)39(48)44(3,4)54)57-25-35(42(51)52)26-58-37(29-13-21-33(22-14-29)40(49)45(5,6)55)30-15-23-34(24-16-30)41(50)46(7,8)56/h9-24,35-37,42,51-56H,25-26H2,1-8H3. The van der Waals surface area contributed by atoms with Gasteiger partial charge in [-0.05, 0) is 77.6 Å². The minimum Gasteiger partial charge on any atom is -0.382 e. The molecule has 0 spiro atoms. The molecule has 0 aromatic heterocycles. The third-order valence-corrected chi connectivity index (χ3v) is 9.50. The van der Waals surface area contributed by atoms with Gasteiger partial charge < -0.3 is 40.1 Å². The molecule has 0 unspecified atom stereocenters. The first-order valence-electron chi connectivity index (χ1n) is 18.9. The van der Waals surface area contributed by atoms with Crippen LogP contribution in [0, 0.1) is 5.92 Å². The number of rotatable bonds is 19. The summed E-state index contributed by atoms with van der Waals surface area (Å²) in [6, 6.07) is 25.6. The Morgan fingerprint density at radius 1 is 0.414 bits per heavy atom. The summed E-state index contributed by atoms with van der Waals surface area (Å²) in [6.07, 6.45) is -3.62. The molecule has 6 N–H and O–H groups in total. The molecule has 4 aromatic rings. The van der Waals surface area contributed by atoms with Gasteiger partial charge in [-0.3, -0.25) is 19.2 Å². The molecule has 0 saturated heterocycles. The number of benzene rings is 4. The van der Waals surface area contributed by atoms with E-state index in [4.69, 9.17) is 9.47 Å². The Morgan fingerprint density at radius 3 is 0.759 bits per heavy atom. The summed E-state index contributed by atoms with van der Waals surface area (Å²) in [5, 5.41) is 62.2. The molecule has 0 radical (unpaired) electrons. The highest BCUT2D eigenvalue weighted by atomic mass is 16.5. The molecular formula is C46H54O12. The molecule has 4 aromatic carbocycles. The van der Waals surface area contributed by atoms with Crippen molar-refractivity contribution in [1.29, 1.82) is 0 Å². The van der Waals surface area contributed by atoms with Crippen molar-refractivity contribution >= 4 is 23.1 Å². The normalized spacial score (nSPS) is 12.8. The number of hydrogen-bond acceptors (Lipinski definition) is 12. The van der Waals surface area contributed by atoms with E-state index in [0.29, 0.717) is 22.3 Å². The zero-order valence-electron chi connectivity index (χ0n) is 34.1. The van der Waals surface area contributed by atoms with Crippen molar-refractivity contribution in [2.75, 3.05) is 13.2 Å². The largest absolute Gasteiger partial charge is 0.382 e. The molecule has 0 atom stereocenters. The first-order valence-corrected chi connectivity index (χ1v) is 18.9. The lowest BCUT2D eigenvalue weighted by Crippen LogP contribution is -2.32. The van der Waals surface area contributed by atoms with Gasteiger partial charge in [-0.2, -0.15) is 0 Å². The highest BCUT2D eigenvalue weighted by molar-refractivity contribution is 6.03. The van der Waals surface area contributed by atoms with E-state index >= 15 is 0 Å². The summed E-state index contributed by atoms with van der Waals surface area (Å²) in [4.78, 5) is 51.0. The number of carbonyl (C=O) groups is 4. The van der Waals surface area contributed by atoms with E-state index in [1.165, 1.54) is 55.4 Å². The van der Waals surface area contributed by atoms with Crippen LogP contribution in [0.1, 0.15) is 131 Å². The number of aliphatic hydroxyl groups excluding tert-OH is 1. The lowest BCUT2D eigenvalue weighted by atomic mass is 9.92. The van der Waals surface area contributed by atoms with Crippen molar-refractivity contribution in [3.8, 4) is 0 Å². The zero-order chi connectivity index (χ0) is 43.4. The Labute approximate surface area is 338 Å². The van der Waals surface area contributed by atoms with Crippen LogP contribution in [0.5, 0.6) is 0 Å². The number of ketones is 4. The molecule has 0 aliphatic carbocycles. The monoisotopic (exact) mass is 798 g/mol. The third kappa shape index (κ3) is 11.7. The molecule has 4 rings (SSSR count). The molecular weight excluding hydrogens is 744 g/mol. The molecule has 0 saturated carbocycles.